The lowest BCUT2D eigenvalue weighted by Gasteiger charge is -2.04. The molecule has 0 fully saturated rings. The largest absolute Gasteiger partial charge is 0.394 e. The molecule has 0 rings (SSSR count). The minimum atomic E-state index is -0.489. The molecular weight excluding hydrogens is 128 g/mol. The lowest BCUT2D eigenvalue weighted by atomic mass is 10.1. The first-order chi connectivity index (χ1) is 4.81. The molecule has 62 valence electrons. The highest BCUT2D eigenvalue weighted by Crippen LogP contribution is 2.04. The van der Waals surface area contributed by atoms with E-state index in [1.165, 1.54) is 19.3 Å². The average Bonchev–Trinajstić information content (AvgIpc) is 1.98. The maximum absolute atomic E-state index is 8.91. The summed E-state index contributed by atoms with van der Waals surface area (Å²) in [5.41, 5.74) is 0. The molecule has 2 nitrogen and oxygen atoms in total. The second-order valence-electron chi connectivity index (χ2n) is 2.69. The Morgan fingerprint density at radius 2 is 1.90 bits per heavy atom. The van der Waals surface area contributed by atoms with Crippen molar-refractivity contribution in [3.05, 3.63) is 0 Å². The van der Waals surface area contributed by atoms with Gasteiger partial charge in [0.05, 0.1) is 12.7 Å². The zero-order valence-corrected chi connectivity index (χ0v) is 6.71. The lowest BCUT2D eigenvalue weighted by Crippen LogP contribution is -2.10. The van der Waals surface area contributed by atoms with Gasteiger partial charge in [-0.15, -0.1) is 0 Å². The van der Waals surface area contributed by atoms with Crippen LogP contribution < -0.4 is 0 Å². The fraction of sp³-hybridized carbons (Fsp3) is 1.00. The van der Waals surface area contributed by atoms with Crippen molar-refractivity contribution in [1.82, 2.24) is 0 Å². The molecule has 0 aliphatic rings. The van der Waals surface area contributed by atoms with Crippen molar-refractivity contribution < 1.29 is 10.2 Å². The van der Waals surface area contributed by atoms with Crippen LogP contribution in [0.15, 0.2) is 0 Å². The molecule has 0 bridgehead atoms. The smallest absolute Gasteiger partial charge is 0.0770 e. The summed E-state index contributed by atoms with van der Waals surface area (Å²) < 4.78 is 0. The number of rotatable bonds is 6. The molecule has 2 N–H and O–H groups in total. The molecule has 0 aliphatic carbocycles. The summed E-state index contributed by atoms with van der Waals surface area (Å²) in [5.74, 6) is 0. The first-order valence-electron chi connectivity index (χ1n) is 4.10. The number of aliphatic hydroxyl groups excluding tert-OH is 2. The molecular formula is C8H18O2. The van der Waals surface area contributed by atoms with Crippen LogP contribution in [0.5, 0.6) is 0 Å². The Bertz CT molecular complexity index is 64.3. The van der Waals surface area contributed by atoms with E-state index in [0.717, 1.165) is 12.8 Å². The molecule has 1 atom stereocenters. The normalized spacial score (nSPS) is 13.5. The third-order valence-corrected chi connectivity index (χ3v) is 1.60. The monoisotopic (exact) mass is 146 g/mol. The summed E-state index contributed by atoms with van der Waals surface area (Å²) in [6.45, 7) is 2.06. The maximum Gasteiger partial charge on any atom is 0.0770 e. The van der Waals surface area contributed by atoms with Gasteiger partial charge in [-0.05, 0) is 6.42 Å². The molecule has 0 aromatic rings. The van der Waals surface area contributed by atoms with Crippen LogP contribution in [0.1, 0.15) is 39.0 Å². The van der Waals surface area contributed by atoms with E-state index >= 15 is 0 Å². The molecule has 0 saturated carbocycles. The van der Waals surface area contributed by atoms with Crippen molar-refractivity contribution >= 4 is 0 Å². The van der Waals surface area contributed by atoms with E-state index in [1.54, 1.807) is 0 Å². The van der Waals surface area contributed by atoms with Crippen molar-refractivity contribution in [2.45, 2.75) is 45.1 Å². The van der Waals surface area contributed by atoms with E-state index in [1.807, 2.05) is 0 Å². The van der Waals surface area contributed by atoms with Crippen LogP contribution in [-0.2, 0) is 0 Å². The summed E-state index contributed by atoms with van der Waals surface area (Å²) >= 11 is 0. The van der Waals surface area contributed by atoms with Gasteiger partial charge in [0.1, 0.15) is 0 Å². The van der Waals surface area contributed by atoms with E-state index in [0.29, 0.717) is 0 Å². The van der Waals surface area contributed by atoms with Crippen molar-refractivity contribution in [3.8, 4) is 0 Å². The highest BCUT2D eigenvalue weighted by atomic mass is 16.3. The van der Waals surface area contributed by atoms with Gasteiger partial charge in [0.2, 0.25) is 0 Å². The third kappa shape index (κ3) is 6.05. The SMILES string of the molecule is CCCCCC[C@H](O)CO. The summed E-state index contributed by atoms with van der Waals surface area (Å²) in [4.78, 5) is 0. The Hall–Kier alpha value is -0.0800. The second-order valence-corrected chi connectivity index (χ2v) is 2.69. The van der Waals surface area contributed by atoms with Gasteiger partial charge in [-0.25, -0.2) is 0 Å². The predicted molar refractivity (Wildman–Crippen MR) is 41.9 cm³/mol. The lowest BCUT2D eigenvalue weighted by molar-refractivity contribution is 0.0860. The van der Waals surface area contributed by atoms with Gasteiger partial charge >= 0.3 is 0 Å². The van der Waals surface area contributed by atoms with Gasteiger partial charge in [-0.3, -0.25) is 0 Å². The Morgan fingerprint density at radius 3 is 2.40 bits per heavy atom. The molecule has 0 spiro atoms. The van der Waals surface area contributed by atoms with Crippen molar-refractivity contribution in [2.24, 2.45) is 0 Å². The molecule has 0 amide bonds. The average molecular weight is 146 g/mol. The van der Waals surface area contributed by atoms with Crippen molar-refractivity contribution in [3.63, 3.8) is 0 Å². The van der Waals surface area contributed by atoms with Gasteiger partial charge in [-0.2, -0.15) is 0 Å². The van der Waals surface area contributed by atoms with Gasteiger partial charge in [0.15, 0.2) is 0 Å². The van der Waals surface area contributed by atoms with Gasteiger partial charge in [0.25, 0.3) is 0 Å². The first-order valence-corrected chi connectivity index (χ1v) is 4.10. The highest BCUT2D eigenvalue weighted by Gasteiger charge is 1.99. The zero-order chi connectivity index (χ0) is 7.82. The fourth-order valence-corrected chi connectivity index (χ4v) is 0.898. The van der Waals surface area contributed by atoms with E-state index < -0.39 is 6.10 Å². The molecule has 0 radical (unpaired) electrons. The highest BCUT2D eigenvalue weighted by molar-refractivity contribution is 4.52. The second kappa shape index (κ2) is 7.03. The van der Waals surface area contributed by atoms with Crippen LogP contribution in [0.4, 0.5) is 0 Å². The summed E-state index contributed by atoms with van der Waals surface area (Å²) in [5, 5.41) is 17.3. The van der Waals surface area contributed by atoms with Crippen LogP contribution in [0.3, 0.4) is 0 Å². The predicted octanol–water partition coefficient (Wildman–Crippen LogP) is 1.31. The van der Waals surface area contributed by atoms with Gasteiger partial charge in [-0.1, -0.05) is 32.6 Å². The summed E-state index contributed by atoms with van der Waals surface area (Å²) in [6, 6.07) is 0. The van der Waals surface area contributed by atoms with Crippen LogP contribution in [-0.4, -0.2) is 22.9 Å². The Morgan fingerprint density at radius 1 is 1.20 bits per heavy atom. The zero-order valence-electron chi connectivity index (χ0n) is 6.71. The van der Waals surface area contributed by atoms with E-state index in [2.05, 4.69) is 6.92 Å². The van der Waals surface area contributed by atoms with Crippen LogP contribution in [0.25, 0.3) is 0 Å². The maximum atomic E-state index is 8.91. The quantitative estimate of drug-likeness (QED) is 0.555. The number of hydrogen-bond donors (Lipinski definition) is 2. The summed E-state index contributed by atoms with van der Waals surface area (Å²) in [6.07, 6.45) is 4.92. The van der Waals surface area contributed by atoms with Crippen molar-refractivity contribution in [2.75, 3.05) is 6.61 Å². The van der Waals surface area contributed by atoms with Gasteiger partial charge in [0, 0.05) is 0 Å². The standard InChI is InChI=1S/C8H18O2/c1-2-3-4-5-6-8(10)7-9/h8-10H,2-7H2,1H3/t8-/m0/s1. The first kappa shape index (κ1) is 9.92. The Labute approximate surface area is 62.9 Å². The van der Waals surface area contributed by atoms with E-state index in [9.17, 15) is 0 Å². The van der Waals surface area contributed by atoms with Crippen molar-refractivity contribution in [1.29, 1.82) is 0 Å². The number of aliphatic hydroxyl groups is 2. The van der Waals surface area contributed by atoms with Crippen LogP contribution in [0.2, 0.25) is 0 Å². The molecule has 2 heteroatoms. The Balaban J connectivity index is 2.89. The van der Waals surface area contributed by atoms with E-state index in [4.69, 9.17) is 10.2 Å². The molecule has 0 aromatic heterocycles. The molecule has 0 saturated heterocycles. The minimum Gasteiger partial charge on any atom is -0.394 e. The molecule has 0 heterocycles. The molecule has 0 aromatic carbocycles. The minimum absolute atomic E-state index is 0.0911. The van der Waals surface area contributed by atoms with Crippen LogP contribution in [0, 0.1) is 0 Å². The molecule has 0 unspecified atom stereocenters. The number of hydrogen-bond acceptors (Lipinski definition) is 2. The topological polar surface area (TPSA) is 40.5 Å². The summed E-state index contributed by atoms with van der Waals surface area (Å²) in [7, 11) is 0. The van der Waals surface area contributed by atoms with E-state index in [-0.39, 0.29) is 6.61 Å². The number of unbranched alkanes of at least 4 members (excludes halogenated alkanes) is 3. The molecule has 10 heavy (non-hydrogen) atoms. The van der Waals surface area contributed by atoms with Gasteiger partial charge < -0.3 is 10.2 Å². The third-order valence-electron chi connectivity index (χ3n) is 1.60. The Kier molecular flexibility index (Phi) is 6.98. The molecule has 0 aliphatic heterocycles. The fourth-order valence-electron chi connectivity index (χ4n) is 0.898. The van der Waals surface area contributed by atoms with Crippen LogP contribution >= 0.6 is 0 Å².